The number of benzene rings is 1. The Kier molecular flexibility index (Phi) is 7.68. The van der Waals surface area contributed by atoms with Crippen LogP contribution in [0.25, 0.3) is 0 Å². The highest BCUT2D eigenvalue weighted by Crippen LogP contribution is 2.19. The molecule has 0 saturated carbocycles. The van der Waals surface area contributed by atoms with Crippen molar-refractivity contribution >= 4 is 5.69 Å². The normalized spacial score (nSPS) is 14.1. The second-order valence-corrected chi connectivity index (χ2v) is 6.00. The van der Waals surface area contributed by atoms with Crippen LogP contribution in [0, 0.1) is 0 Å². The van der Waals surface area contributed by atoms with Gasteiger partial charge in [0.25, 0.3) is 0 Å². The first-order valence-electron chi connectivity index (χ1n) is 8.11. The van der Waals surface area contributed by atoms with Crippen LogP contribution in [-0.4, -0.2) is 20.1 Å². The van der Waals surface area contributed by atoms with Gasteiger partial charge in [0.2, 0.25) is 0 Å². The van der Waals surface area contributed by atoms with Gasteiger partial charge >= 0.3 is 0 Å². The Balaban J connectivity index is 2.60. The number of unbranched alkanes of at least 4 members (excludes halogenated alkanes) is 1. The van der Waals surface area contributed by atoms with E-state index in [9.17, 15) is 0 Å². The molecule has 0 aliphatic rings. The fraction of sp³-hybridized carbons (Fsp3) is 0.667. The SMILES string of the molecule is CCCCC(CCC)NC(C)c1ccc(N(C)C)cc1. The van der Waals surface area contributed by atoms with Crippen molar-refractivity contribution in [2.24, 2.45) is 0 Å². The lowest BCUT2D eigenvalue weighted by Gasteiger charge is -2.24. The van der Waals surface area contributed by atoms with Gasteiger partial charge in [-0.15, -0.1) is 0 Å². The van der Waals surface area contributed by atoms with Crippen molar-refractivity contribution < 1.29 is 0 Å². The second-order valence-electron chi connectivity index (χ2n) is 6.00. The van der Waals surface area contributed by atoms with Gasteiger partial charge in [-0.25, -0.2) is 0 Å². The summed E-state index contributed by atoms with van der Waals surface area (Å²) in [7, 11) is 4.16. The van der Waals surface area contributed by atoms with Gasteiger partial charge in [-0.3, -0.25) is 0 Å². The number of anilines is 1. The minimum absolute atomic E-state index is 0.430. The molecule has 20 heavy (non-hydrogen) atoms. The van der Waals surface area contributed by atoms with Gasteiger partial charge in [0.1, 0.15) is 0 Å². The molecule has 0 fully saturated rings. The maximum absolute atomic E-state index is 3.80. The van der Waals surface area contributed by atoms with E-state index in [-0.39, 0.29) is 0 Å². The molecule has 1 rings (SSSR count). The Labute approximate surface area is 125 Å². The van der Waals surface area contributed by atoms with E-state index >= 15 is 0 Å². The van der Waals surface area contributed by atoms with E-state index in [4.69, 9.17) is 0 Å². The number of nitrogens with zero attached hydrogens (tertiary/aromatic N) is 1. The third kappa shape index (κ3) is 5.54. The number of nitrogens with one attached hydrogen (secondary N) is 1. The van der Waals surface area contributed by atoms with Gasteiger partial charge in [0, 0.05) is 31.9 Å². The smallest absolute Gasteiger partial charge is 0.0361 e. The highest BCUT2D eigenvalue weighted by atomic mass is 15.1. The standard InChI is InChI=1S/C18H32N2/c1-6-8-10-17(9-7-2)19-15(3)16-11-13-18(14-12-16)20(4)5/h11-15,17,19H,6-10H2,1-5H3. The molecule has 1 aromatic rings. The summed E-state index contributed by atoms with van der Waals surface area (Å²) in [5, 5.41) is 3.80. The molecule has 2 unspecified atom stereocenters. The minimum atomic E-state index is 0.430. The molecule has 2 heteroatoms. The lowest BCUT2D eigenvalue weighted by Crippen LogP contribution is -2.31. The molecule has 0 saturated heterocycles. The average Bonchev–Trinajstić information content (AvgIpc) is 2.45. The average molecular weight is 276 g/mol. The Hall–Kier alpha value is -1.02. The van der Waals surface area contributed by atoms with Crippen LogP contribution in [0.5, 0.6) is 0 Å². The minimum Gasteiger partial charge on any atom is -0.378 e. The van der Waals surface area contributed by atoms with Crippen LogP contribution in [0.4, 0.5) is 5.69 Å². The van der Waals surface area contributed by atoms with E-state index in [2.05, 4.69) is 69.3 Å². The molecule has 1 N–H and O–H groups in total. The molecule has 0 aliphatic carbocycles. The van der Waals surface area contributed by atoms with E-state index in [0.717, 1.165) is 0 Å². The quantitative estimate of drug-likeness (QED) is 0.699. The third-order valence-corrected chi connectivity index (χ3v) is 3.94. The monoisotopic (exact) mass is 276 g/mol. The molecule has 2 nitrogen and oxygen atoms in total. The molecule has 114 valence electrons. The maximum atomic E-state index is 3.80. The molecule has 0 heterocycles. The Morgan fingerprint density at radius 1 is 1.00 bits per heavy atom. The fourth-order valence-electron chi connectivity index (χ4n) is 2.62. The zero-order valence-electron chi connectivity index (χ0n) is 13.9. The van der Waals surface area contributed by atoms with E-state index in [1.807, 2.05) is 0 Å². The van der Waals surface area contributed by atoms with Gasteiger partial charge < -0.3 is 10.2 Å². The van der Waals surface area contributed by atoms with Crippen molar-refractivity contribution in [2.45, 2.75) is 65.0 Å². The van der Waals surface area contributed by atoms with Crippen LogP contribution in [0.2, 0.25) is 0 Å². The van der Waals surface area contributed by atoms with E-state index in [0.29, 0.717) is 12.1 Å². The third-order valence-electron chi connectivity index (χ3n) is 3.94. The zero-order valence-corrected chi connectivity index (χ0v) is 13.9. The maximum Gasteiger partial charge on any atom is 0.0361 e. The van der Waals surface area contributed by atoms with Crippen LogP contribution in [-0.2, 0) is 0 Å². The van der Waals surface area contributed by atoms with Gasteiger partial charge in [0.15, 0.2) is 0 Å². The zero-order chi connectivity index (χ0) is 15.0. The predicted octanol–water partition coefficient (Wildman–Crippen LogP) is 4.76. The van der Waals surface area contributed by atoms with Crippen molar-refractivity contribution in [3.05, 3.63) is 29.8 Å². The molecule has 0 bridgehead atoms. The highest BCUT2D eigenvalue weighted by molar-refractivity contribution is 5.46. The van der Waals surface area contributed by atoms with E-state index in [1.165, 1.54) is 43.4 Å². The van der Waals surface area contributed by atoms with Gasteiger partial charge in [-0.1, -0.05) is 45.2 Å². The molecule has 0 amide bonds. The lowest BCUT2D eigenvalue weighted by atomic mass is 10.0. The van der Waals surface area contributed by atoms with Crippen LogP contribution in [0.1, 0.15) is 64.5 Å². The molecule has 0 radical (unpaired) electrons. The first-order chi connectivity index (χ1) is 9.58. The van der Waals surface area contributed by atoms with Gasteiger partial charge in [-0.2, -0.15) is 0 Å². The summed E-state index contributed by atoms with van der Waals surface area (Å²) in [5.41, 5.74) is 2.64. The van der Waals surface area contributed by atoms with Crippen LogP contribution in [0.3, 0.4) is 0 Å². The largest absolute Gasteiger partial charge is 0.378 e. The van der Waals surface area contributed by atoms with Crippen molar-refractivity contribution in [1.82, 2.24) is 5.32 Å². The van der Waals surface area contributed by atoms with Crippen molar-refractivity contribution in [3.8, 4) is 0 Å². The molecule has 0 aromatic heterocycles. The van der Waals surface area contributed by atoms with Gasteiger partial charge in [-0.05, 0) is 37.5 Å². The molecule has 2 atom stereocenters. The van der Waals surface area contributed by atoms with E-state index < -0.39 is 0 Å². The van der Waals surface area contributed by atoms with Crippen LogP contribution >= 0.6 is 0 Å². The summed E-state index contributed by atoms with van der Waals surface area (Å²) in [6.45, 7) is 6.82. The van der Waals surface area contributed by atoms with E-state index in [1.54, 1.807) is 0 Å². The first-order valence-corrected chi connectivity index (χ1v) is 8.11. The summed E-state index contributed by atoms with van der Waals surface area (Å²) in [5.74, 6) is 0. The molecular formula is C18H32N2. The molecule has 0 spiro atoms. The molecule has 0 aliphatic heterocycles. The van der Waals surface area contributed by atoms with Crippen LogP contribution < -0.4 is 10.2 Å². The Morgan fingerprint density at radius 2 is 1.65 bits per heavy atom. The predicted molar refractivity (Wildman–Crippen MR) is 90.5 cm³/mol. The summed E-state index contributed by atoms with van der Waals surface area (Å²) >= 11 is 0. The summed E-state index contributed by atoms with van der Waals surface area (Å²) in [4.78, 5) is 2.14. The Morgan fingerprint density at radius 3 is 2.15 bits per heavy atom. The van der Waals surface area contributed by atoms with Gasteiger partial charge in [0.05, 0.1) is 0 Å². The molecular weight excluding hydrogens is 244 g/mol. The Bertz CT molecular complexity index is 356. The first kappa shape index (κ1) is 17.0. The van der Waals surface area contributed by atoms with Crippen molar-refractivity contribution in [3.63, 3.8) is 0 Å². The topological polar surface area (TPSA) is 15.3 Å². The number of rotatable bonds is 9. The molecule has 1 aromatic carbocycles. The highest BCUT2D eigenvalue weighted by Gasteiger charge is 2.12. The van der Waals surface area contributed by atoms with Crippen molar-refractivity contribution in [2.75, 3.05) is 19.0 Å². The summed E-state index contributed by atoms with van der Waals surface area (Å²) in [6.07, 6.45) is 6.44. The number of hydrogen-bond donors (Lipinski definition) is 1. The summed E-state index contributed by atoms with van der Waals surface area (Å²) in [6, 6.07) is 9.98. The summed E-state index contributed by atoms with van der Waals surface area (Å²) < 4.78 is 0. The van der Waals surface area contributed by atoms with Crippen molar-refractivity contribution in [1.29, 1.82) is 0 Å². The number of hydrogen-bond acceptors (Lipinski definition) is 2. The second kappa shape index (κ2) is 9.02. The van der Waals surface area contributed by atoms with Crippen LogP contribution in [0.15, 0.2) is 24.3 Å². The fourth-order valence-corrected chi connectivity index (χ4v) is 2.62. The lowest BCUT2D eigenvalue weighted by molar-refractivity contribution is 0.396.